The molecule has 0 saturated carbocycles. The van der Waals surface area contributed by atoms with Crippen molar-refractivity contribution in [3.8, 4) is 5.69 Å². The van der Waals surface area contributed by atoms with Crippen LogP contribution in [-0.4, -0.2) is 15.5 Å². The standard InChI is InChI=1S/C27H24ClN3O/c1-2-19-12-14-20(15-13-19)26-25-11-6-16-30(25)24-10-4-3-7-21(24)18-31(26)27(32)29-23-9-5-8-22(28)17-23/h3-17,26H,2,18H2,1H3,(H,29,32). The molecule has 0 saturated heterocycles. The molecule has 4 aromatic rings. The average Bonchev–Trinajstić information content (AvgIpc) is 3.23. The lowest BCUT2D eigenvalue weighted by molar-refractivity contribution is 0.194. The summed E-state index contributed by atoms with van der Waals surface area (Å²) >= 11 is 6.14. The lowest BCUT2D eigenvalue weighted by Crippen LogP contribution is -2.37. The van der Waals surface area contributed by atoms with Crippen LogP contribution < -0.4 is 5.32 Å². The number of nitrogens with zero attached hydrogens (tertiary/aromatic N) is 2. The van der Waals surface area contributed by atoms with E-state index in [-0.39, 0.29) is 12.1 Å². The number of carbonyl (C=O) groups is 1. The summed E-state index contributed by atoms with van der Waals surface area (Å²) in [5.41, 5.74) is 6.28. The Hall–Kier alpha value is -3.50. The van der Waals surface area contributed by atoms with Crippen LogP contribution in [0, 0.1) is 0 Å². The minimum absolute atomic E-state index is 0.165. The fourth-order valence-electron chi connectivity index (χ4n) is 4.39. The first-order valence-corrected chi connectivity index (χ1v) is 11.2. The Balaban J connectivity index is 1.62. The Labute approximate surface area is 193 Å². The Morgan fingerprint density at radius 2 is 1.81 bits per heavy atom. The largest absolute Gasteiger partial charge is 0.322 e. The lowest BCUT2D eigenvalue weighted by atomic mass is 10.00. The zero-order chi connectivity index (χ0) is 22.1. The number of rotatable bonds is 3. The number of carbonyl (C=O) groups excluding carboxylic acids is 1. The molecule has 160 valence electrons. The van der Waals surface area contributed by atoms with Gasteiger partial charge in [-0.15, -0.1) is 0 Å². The number of amides is 2. The van der Waals surface area contributed by atoms with Crippen LogP contribution in [0.25, 0.3) is 5.69 Å². The van der Waals surface area contributed by atoms with Crippen LogP contribution in [0.3, 0.4) is 0 Å². The molecule has 0 radical (unpaired) electrons. The molecule has 4 nitrogen and oxygen atoms in total. The molecule has 1 aliphatic heterocycles. The topological polar surface area (TPSA) is 37.3 Å². The molecule has 1 aromatic heterocycles. The van der Waals surface area contributed by atoms with Gasteiger partial charge in [0.05, 0.1) is 18.3 Å². The summed E-state index contributed by atoms with van der Waals surface area (Å²) in [6.07, 6.45) is 3.05. The van der Waals surface area contributed by atoms with Gasteiger partial charge in [-0.3, -0.25) is 0 Å². The maximum absolute atomic E-state index is 13.6. The van der Waals surface area contributed by atoms with E-state index >= 15 is 0 Å². The second-order valence-corrected chi connectivity index (χ2v) is 8.43. The van der Waals surface area contributed by atoms with Crippen molar-refractivity contribution < 1.29 is 4.79 Å². The van der Waals surface area contributed by atoms with Crippen molar-refractivity contribution >= 4 is 23.3 Å². The van der Waals surface area contributed by atoms with Crippen LogP contribution in [0.2, 0.25) is 5.02 Å². The van der Waals surface area contributed by atoms with Crippen molar-refractivity contribution in [2.24, 2.45) is 0 Å². The third kappa shape index (κ3) is 3.78. The molecule has 5 heteroatoms. The highest BCUT2D eigenvalue weighted by Crippen LogP contribution is 2.37. The van der Waals surface area contributed by atoms with Crippen molar-refractivity contribution in [1.82, 2.24) is 9.47 Å². The van der Waals surface area contributed by atoms with Gasteiger partial charge in [-0.1, -0.05) is 67.1 Å². The quantitative estimate of drug-likeness (QED) is 0.371. The molecule has 0 fully saturated rings. The molecule has 0 spiro atoms. The van der Waals surface area contributed by atoms with Crippen molar-refractivity contribution in [1.29, 1.82) is 0 Å². The van der Waals surface area contributed by atoms with E-state index in [1.165, 1.54) is 5.56 Å². The number of aromatic nitrogens is 1. The average molecular weight is 442 g/mol. The van der Waals surface area contributed by atoms with Gasteiger partial charge in [0.2, 0.25) is 0 Å². The number of urea groups is 1. The van der Waals surface area contributed by atoms with E-state index in [1.807, 2.05) is 35.2 Å². The monoisotopic (exact) mass is 441 g/mol. The van der Waals surface area contributed by atoms with Crippen LogP contribution in [0.15, 0.2) is 91.1 Å². The number of fused-ring (bicyclic) bond motifs is 3. The van der Waals surface area contributed by atoms with Crippen molar-refractivity contribution in [2.45, 2.75) is 25.9 Å². The molecule has 0 bridgehead atoms. The first-order chi connectivity index (χ1) is 15.6. The maximum atomic E-state index is 13.6. The fourth-order valence-corrected chi connectivity index (χ4v) is 4.58. The molecule has 1 N–H and O–H groups in total. The second kappa shape index (κ2) is 8.56. The Kier molecular flexibility index (Phi) is 5.46. The normalized spacial score (nSPS) is 14.9. The van der Waals surface area contributed by atoms with E-state index in [0.717, 1.165) is 28.9 Å². The van der Waals surface area contributed by atoms with Gasteiger partial charge in [0.1, 0.15) is 0 Å². The van der Waals surface area contributed by atoms with Crippen molar-refractivity contribution in [3.05, 3.63) is 119 Å². The SMILES string of the molecule is CCc1ccc(C2c3cccn3-c3ccccc3CN2C(=O)Nc2cccc(Cl)c2)cc1. The van der Waals surface area contributed by atoms with Gasteiger partial charge in [0.15, 0.2) is 0 Å². The molecule has 0 aliphatic carbocycles. The Morgan fingerprint density at radius 3 is 2.59 bits per heavy atom. The molecule has 2 heterocycles. The molecule has 32 heavy (non-hydrogen) atoms. The zero-order valence-corrected chi connectivity index (χ0v) is 18.6. The summed E-state index contributed by atoms with van der Waals surface area (Å²) < 4.78 is 2.19. The molecular formula is C27H24ClN3O. The van der Waals surface area contributed by atoms with Crippen molar-refractivity contribution in [2.75, 3.05) is 5.32 Å². The number of hydrogen-bond acceptors (Lipinski definition) is 1. The molecule has 5 rings (SSSR count). The highest BCUT2D eigenvalue weighted by atomic mass is 35.5. The number of benzene rings is 3. The molecule has 3 aromatic carbocycles. The molecule has 2 amide bonds. The van der Waals surface area contributed by atoms with Crippen LogP contribution >= 0.6 is 11.6 Å². The lowest BCUT2D eigenvalue weighted by Gasteiger charge is -2.31. The van der Waals surface area contributed by atoms with Crippen LogP contribution in [-0.2, 0) is 13.0 Å². The van der Waals surface area contributed by atoms with Gasteiger partial charge in [0, 0.05) is 22.6 Å². The number of para-hydroxylation sites is 1. The predicted octanol–water partition coefficient (Wildman–Crippen LogP) is 6.83. The van der Waals surface area contributed by atoms with E-state index in [9.17, 15) is 4.79 Å². The zero-order valence-electron chi connectivity index (χ0n) is 17.8. The molecule has 1 aliphatic rings. The first kappa shape index (κ1) is 20.4. The third-order valence-corrected chi connectivity index (χ3v) is 6.24. The number of nitrogens with one attached hydrogen (secondary N) is 1. The number of aryl methyl sites for hydroxylation is 1. The Bertz CT molecular complexity index is 1260. The molecule has 1 atom stereocenters. The van der Waals surface area contributed by atoms with Gasteiger partial charge >= 0.3 is 6.03 Å². The van der Waals surface area contributed by atoms with E-state index in [4.69, 9.17) is 11.6 Å². The summed E-state index contributed by atoms with van der Waals surface area (Å²) in [5.74, 6) is 0. The number of halogens is 1. The van der Waals surface area contributed by atoms with Crippen LogP contribution in [0.4, 0.5) is 10.5 Å². The summed E-state index contributed by atoms with van der Waals surface area (Å²) in [6, 6.07) is 27.8. The van der Waals surface area contributed by atoms with Gasteiger partial charge in [-0.2, -0.15) is 0 Å². The van der Waals surface area contributed by atoms with Crippen LogP contribution in [0.5, 0.6) is 0 Å². The van der Waals surface area contributed by atoms with Crippen LogP contribution in [0.1, 0.15) is 35.3 Å². The summed E-state index contributed by atoms with van der Waals surface area (Å²) in [5, 5.41) is 3.64. The second-order valence-electron chi connectivity index (χ2n) is 8.00. The highest BCUT2D eigenvalue weighted by molar-refractivity contribution is 6.30. The number of hydrogen-bond donors (Lipinski definition) is 1. The third-order valence-electron chi connectivity index (χ3n) is 6.00. The fraction of sp³-hybridized carbons (Fsp3) is 0.148. The van der Waals surface area contributed by atoms with E-state index in [0.29, 0.717) is 17.3 Å². The first-order valence-electron chi connectivity index (χ1n) is 10.8. The van der Waals surface area contributed by atoms with Gasteiger partial charge in [0.25, 0.3) is 0 Å². The van der Waals surface area contributed by atoms with Crippen molar-refractivity contribution in [3.63, 3.8) is 0 Å². The number of anilines is 1. The summed E-state index contributed by atoms with van der Waals surface area (Å²) in [4.78, 5) is 15.5. The maximum Gasteiger partial charge on any atom is 0.322 e. The van der Waals surface area contributed by atoms with Gasteiger partial charge < -0.3 is 14.8 Å². The summed E-state index contributed by atoms with van der Waals surface area (Å²) in [6.45, 7) is 2.64. The minimum Gasteiger partial charge on any atom is -0.318 e. The molecule has 1 unspecified atom stereocenters. The van der Waals surface area contributed by atoms with E-state index in [2.05, 4.69) is 65.5 Å². The van der Waals surface area contributed by atoms with Gasteiger partial charge in [-0.05, 0) is 59.5 Å². The minimum atomic E-state index is -0.234. The van der Waals surface area contributed by atoms with E-state index < -0.39 is 0 Å². The smallest absolute Gasteiger partial charge is 0.318 e. The molecular weight excluding hydrogens is 418 g/mol. The predicted molar refractivity (Wildman–Crippen MR) is 129 cm³/mol. The Morgan fingerprint density at radius 1 is 1.00 bits per heavy atom. The van der Waals surface area contributed by atoms with E-state index in [1.54, 1.807) is 12.1 Å². The van der Waals surface area contributed by atoms with Gasteiger partial charge in [-0.25, -0.2) is 4.79 Å². The highest BCUT2D eigenvalue weighted by Gasteiger charge is 2.33. The summed E-state index contributed by atoms with van der Waals surface area (Å²) in [7, 11) is 0.